The summed E-state index contributed by atoms with van der Waals surface area (Å²) in [5, 5.41) is 2.43. The van der Waals surface area contributed by atoms with Crippen molar-refractivity contribution < 1.29 is 9.53 Å². The molecule has 0 radical (unpaired) electrons. The van der Waals surface area contributed by atoms with E-state index in [1.807, 2.05) is 0 Å². The largest absolute Gasteiger partial charge is 0.381 e. The van der Waals surface area contributed by atoms with E-state index in [0.29, 0.717) is 5.57 Å². The van der Waals surface area contributed by atoms with Gasteiger partial charge in [-0.1, -0.05) is 6.58 Å². The minimum atomic E-state index is -0.0972. The summed E-state index contributed by atoms with van der Waals surface area (Å²) in [6, 6.07) is 0. The average Bonchev–Trinajstić information content (AvgIpc) is 2.59. The van der Waals surface area contributed by atoms with Crippen LogP contribution in [0.2, 0.25) is 0 Å². The normalized spacial score (nSPS) is 14.5. The molecule has 1 saturated heterocycles. The molecule has 1 rings (SSSR count). The average molecular weight is 171 g/mol. The van der Waals surface area contributed by atoms with E-state index < -0.39 is 0 Å². The second-order valence-corrected chi connectivity index (χ2v) is 2.68. The first-order chi connectivity index (χ1) is 5.68. The summed E-state index contributed by atoms with van der Waals surface area (Å²) in [4.78, 5) is 10.3. The number of carbonyl (C=O) groups excluding carboxylic acids is 1. The Labute approximate surface area is 73.8 Å². The van der Waals surface area contributed by atoms with E-state index >= 15 is 0 Å². The van der Waals surface area contributed by atoms with Crippen molar-refractivity contribution >= 4 is 5.91 Å². The first-order valence-corrected chi connectivity index (χ1v) is 4.14. The van der Waals surface area contributed by atoms with Gasteiger partial charge in [-0.3, -0.25) is 4.79 Å². The zero-order chi connectivity index (χ0) is 9.40. The van der Waals surface area contributed by atoms with Gasteiger partial charge in [0.25, 0.3) is 0 Å². The number of rotatable bonds is 1. The zero-order valence-electron chi connectivity index (χ0n) is 7.85. The number of hydrogen-bond acceptors (Lipinski definition) is 2. The monoisotopic (exact) mass is 171 g/mol. The lowest BCUT2D eigenvalue weighted by Crippen LogP contribution is -2.17. The Morgan fingerprint density at radius 2 is 1.92 bits per heavy atom. The quantitative estimate of drug-likeness (QED) is 0.600. The number of nitrogens with one attached hydrogen (secondary N) is 1. The van der Waals surface area contributed by atoms with Crippen molar-refractivity contribution in [3.8, 4) is 0 Å². The summed E-state index contributed by atoms with van der Waals surface area (Å²) in [7, 11) is 1.58. The zero-order valence-corrected chi connectivity index (χ0v) is 7.85. The highest BCUT2D eigenvalue weighted by atomic mass is 16.5. The van der Waals surface area contributed by atoms with Crippen LogP contribution in [0, 0.1) is 0 Å². The molecule has 0 atom stereocenters. The van der Waals surface area contributed by atoms with Crippen LogP contribution in [0.3, 0.4) is 0 Å². The molecule has 0 bridgehead atoms. The van der Waals surface area contributed by atoms with Gasteiger partial charge in [0.15, 0.2) is 0 Å². The highest BCUT2D eigenvalue weighted by molar-refractivity contribution is 5.91. The fraction of sp³-hybridized carbons (Fsp3) is 0.667. The summed E-state index contributed by atoms with van der Waals surface area (Å²) >= 11 is 0. The van der Waals surface area contributed by atoms with Crippen LogP contribution in [0.1, 0.15) is 19.8 Å². The number of ether oxygens (including phenoxy) is 1. The third kappa shape index (κ3) is 5.92. The van der Waals surface area contributed by atoms with Crippen LogP contribution in [-0.2, 0) is 9.53 Å². The molecule has 1 heterocycles. The van der Waals surface area contributed by atoms with Crippen molar-refractivity contribution in [1.82, 2.24) is 5.32 Å². The van der Waals surface area contributed by atoms with E-state index in [2.05, 4.69) is 11.9 Å². The van der Waals surface area contributed by atoms with Crippen LogP contribution in [0.4, 0.5) is 0 Å². The van der Waals surface area contributed by atoms with Crippen LogP contribution < -0.4 is 5.32 Å². The predicted octanol–water partition coefficient (Wildman–Crippen LogP) is 1.11. The SMILES string of the molecule is C1CCOC1.C=C(C)C(=O)NC. The van der Waals surface area contributed by atoms with Gasteiger partial charge in [0.1, 0.15) is 0 Å². The van der Waals surface area contributed by atoms with Crippen LogP contribution in [0.15, 0.2) is 12.2 Å². The van der Waals surface area contributed by atoms with Gasteiger partial charge in [0.2, 0.25) is 5.91 Å². The maximum Gasteiger partial charge on any atom is 0.246 e. The Balaban J connectivity index is 0.000000211. The number of hydrogen-bond donors (Lipinski definition) is 1. The van der Waals surface area contributed by atoms with Crippen molar-refractivity contribution in [2.45, 2.75) is 19.8 Å². The van der Waals surface area contributed by atoms with Crippen molar-refractivity contribution in [3.05, 3.63) is 12.2 Å². The second kappa shape index (κ2) is 6.85. The molecule has 1 aliphatic heterocycles. The standard InChI is InChI=1S/C5H9NO.C4H8O/c1-4(2)5(7)6-3;1-2-4-5-3-1/h1H2,2-3H3,(H,6,7);1-4H2. The third-order valence-corrected chi connectivity index (χ3v) is 1.44. The molecule has 1 aliphatic rings. The molecule has 0 spiro atoms. The van der Waals surface area contributed by atoms with Gasteiger partial charge in [-0.15, -0.1) is 0 Å². The lowest BCUT2D eigenvalue weighted by Gasteiger charge is -1.91. The Morgan fingerprint density at radius 3 is 2.00 bits per heavy atom. The third-order valence-electron chi connectivity index (χ3n) is 1.44. The smallest absolute Gasteiger partial charge is 0.246 e. The highest BCUT2D eigenvalue weighted by Gasteiger charge is 1.94. The van der Waals surface area contributed by atoms with Gasteiger partial charge in [-0.25, -0.2) is 0 Å². The second-order valence-electron chi connectivity index (χ2n) is 2.68. The van der Waals surface area contributed by atoms with Crippen molar-refractivity contribution in [1.29, 1.82) is 0 Å². The summed E-state index contributed by atoms with van der Waals surface area (Å²) in [5.41, 5.74) is 0.544. The van der Waals surface area contributed by atoms with E-state index in [0.717, 1.165) is 13.2 Å². The summed E-state index contributed by atoms with van der Waals surface area (Å²) < 4.78 is 4.94. The number of likely N-dealkylation sites (N-methyl/N-ethyl adjacent to an activating group) is 1. The molecule has 0 aromatic heterocycles. The molecule has 3 nitrogen and oxygen atoms in total. The molecule has 1 fully saturated rings. The van der Waals surface area contributed by atoms with Gasteiger partial charge >= 0.3 is 0 Å². The molecule has 12 heavy (non-hydrogen) atoms. The summed E-state index contributed by atoms with van der Waals surface area (Å²) in [6.45, 7) is 7.08. The van der Waals surface area contributed by atoms with Crippen LogP contribution in [0.25, 0.3) is 0 Å². The Bertz CT molecular complexity index is 143. The molecule has 0 aromatic rings. The van der Waals surface area contributed by atoms with E-state index in [4.69, 9.17) is 4.74 Å². The maximum absolute atomic E-state index is 10.3. The Kier molecular flexibility index (Phi) is 6.38. The molecular weight excluding hydrogens is 154 g/mol. The number of carbonyl (C=O) groups is 1. The van der Waals surface area contributed by atoms with E-state index in [-0.39, 0.29) is 5.91 Å². The highest BCUT2D eigenvalue weighted by Crippen LogP contribution is 1.98. The van der Waals surface area contributed by atoms with Gasteiger partial charge in [0.05, 0.1) is 0 Å². The fourth-order valence-electron chi connectivity index (χ4n) is 0.724. The molecule has 0 saturated carbocycles. The first kappa shape index (κ1) is 11.2. The molecule has 0 aliphatic carbocycles. The summed E-state index contributed by atoms with van der Waals surface area (Å²) in [6.07, 6.45) is 2.56. The van der Waals surface area contributed by atoms with Crippen LogP contribution >= 0.6 is 0 Å². The maximum atomic E-state index is 10.3. The predicted molar refractivity (Wildman–Crippen MR) is 48.9 cm³/mol. The first-order valence-electron chi connectivity index (χ1n) is 4.14. The topological polar surface area (TPSA) is 38.3 Å². The molecule has 3 heteroatoms. The fourth-order valence-corrected chi connectivity index (χ4v) is 0.724. The van der Waals surface area contributed by atoms with E-state index in [1.54, 1.807) is 14.0 Å². The Hall–Kier alpha value is -0.830. The van der Waals surface area contributed by atoms with Crippen molar-refractivity contribution in [2.24, 2.45) is 0 Å². The minimum Gasteiger partial charge on any atom is -0.381 e. The minimum absolute atomic E-state index is 0.0972. The van der Waals surface area contributed by atoms with Crippen LogP contribution in [-0.4, -0.2) is 26.2 Å². The van der Waals surface area contributed by atoms with Crippen molar-refractivity contribution in [2.75, 3.05) is 20.3 Å². The lowest BCUT2D eigenvalue weighted by atomic mass is 10.3. The molecule has 1 amide bonds. The van der Waals surface area contributed by atoms with Crippen molar-refractivity contribution in [3.63, 3.8) is 0 Å². The van der Waals surface area contributed by atoms with E-state index in [1.165, 1.54) is 12.8 Å². The van der Waals surface area contributed by atoms with Gasteiger partial charge < -0.3 is 10.1 Å². The number of amides is 1. The Morgan fingerprint density at radius 1 is 1.42 bits per heavy atom. The van der Waals surface area contributed by atoms with Gasteiger partial charge in [-0.05, 0) is 19.8 Å². The van der Waals surface area contributed by atoms with Gasteiger partial charge in [-0.2, -0.15) is 0 Å². The van der Waals surface area contributed by atoms with E-state index in [9.17, 15) is 4.79 Å². The molecule has 1 N–H and O–H groups in total. The lowest BCUT2D eigenvalue weighted by molar-refractivity contribution is -0.116. The molecule has 0 unspecified atom stereocenters. The molecular formula is C9H17NO2. The summed E-state index contributed by atoms with van der Waals surface area (Å²) in [5.74, 6) is -0.0972. The molecule has 0 aromatic carbocycles. The molecule has 70 valence electrons. The van der Waals surface area contributed by atoms with Gasteiger partial charge in [0, 0.05) is 25.8 Å². The van der Waals surface area contributed by atoms with Crippen LogP contribution in [0.5, 0.6) is 0 Å².